The predicted octanol–water partition coefficient (Wildman–Crippen LogP) is 3.22. The Morgan fingerprint density at radius 2 is 2.00 bits per heavy atom. The minimum atomic E-state index is -4.39. The Balaban J connectivity index is 2.73. The quantitative estimate of drug-likeness (QED) is 0.732. The number of aromatic nitrogens is 2. The average molecular weight is 228 g/mol. The molecule has 0 atom stereocenters. The van der Waals surface area contributed by atoms with E-state index in [1.54, 1.807) is 13.0 Å². The molecule has 0 spiro atoms. The topological polar surface area (TPSA) is 17.3 Å². The lowest BCUT2D eigenvalue weighted by atomic mass is 10.2. The Kier molecular flexibility index (Phi) is 2.40. The molecule has 2 nitrogen and oxygen atoms in total. The van der Waals surface area contributed by atoms with Gasteiger partial charge in [0.1, 0.15) is 0 Å². The lowest BCUT2D eigenvalue weighted by molar-refractivity contribution is -0.141. The van der Waals surface area contributed by atoms with Crippen LogP contribution in [-0.4, -0.2) is 9.61 Å². The standard InChI is InChI=1S/C11H11F3N2/c1-3-8-5-4-7(2)9-6-10(11(12,13)14)15-16(8)9/h4-6H,3H2,1-2H3. The second kappa shape index (κ2) is 3.50. The molecule has 2 aromatic heterocycles. The van der Waals surface area contributed by atoms with Crippen LogP contribution in [0.3, 0.4) is 0 Å². The van der Waals surface area contributed by atoms with Crippen molar-refractivity contribution in [3.63, 3.8) is 0 Å². The highest BCUT2D eigenvalue weighted by molar-refractivity contribution is 5.56. The zero-order chi connectivity index (χ0) is 11.9. The van der Waals surface area contributed by atoms with E-state index < -0.39 is 11.9 Å². The summed E-state index contributed by atoms with van der Waals surface area (Å²) in [4.78, 5) is 0. The Morgan fingerprint density at radius 1 is 1.31 bits per heavy atom. The van der Waals surface area contributed by atoms with Crippen molar-refractivity contribution >= 4 is 5.52 Å². The maximum Gasteiger partial charge on any atom is 0.435 e. The van der Waals surface area contributed by atoms with Gasteiger partial charge in [-0.2, -0.15) is 18.3 Å². The van der Waals surface area contributed by atoms with Gasteiger partial charge in [-0.25, -0.2) is 4.52 Å². The molecule has 0 aromatic carbocycles. The number of rotatable bonds is 1. The fourth-order valence-corrected chi connectivity index (χ4v) is 1.66. The second-order valence-electron chi connectivity index (χ2n) is 3.69. The van der Waals surface area contributed by atoms with Gasteiger partial charge in [-0.1, -0.05) is 13.0 Å². The van der Waals surface area contributed by atoms with Gasteiger partial charge in [-0.15, -0.1) is 0 Å². The minimum absolute atomic E-state index is 0.520. The van der Waals surface area contributed by atoms with Crippen LogP contribution in [-0.2, 0) is 12.6 Å². The largest absolute Gasteiger partial charge is 0.435 e. The predicted molar refractivity (Wildman–Crippen MR) is 54.3 cm³/mol. The lowest BCUT2D eigenvalue weighted by Crippen LogP contribution is -2.06. The monoisotopic (exact) mass is 228 g/mol. The third-order valence-corrected chi connectivity index (χ3v) is 2.56. The third kappa shape index (κ3) is 1.66. The van der Waals surface area contributed by atoms with E-state index in [0.29, 0.717) is 11.9 Å². The van der Waals surface area contributed by atoms with Crippen LogP contribution >= 0.6 is 0 Å². The lowest BCUT2D eigenvalue weighted by Gasteiger charge is -2.03. The number of aryl methyl sites for hydroxylation is 2. The van der Waals surface area contributed by atoms with Crippen LogP contribution in [0.1, 0.15) is 23.9 Å². The zero-order valence-corrected chi connectivity index (χ0v) is 8.97. The van der Waals surface area contributed by atoms with E-state index in [4.69, 9.17) is 0 Å². The fourth-order valence-electron chi connectivity index (χ4n) is 1.66. The van der Waals surface area contributed by atoms with Gasteiger partial charge < -0.3 is 0 Å². The maximum atomic E-state index is 12.5. The molecule has 5 heteroatoms. The van der Waals surface area contributed by atoms with Gasteiger partial charge in [0.2, 0.25) is 0 Å². The summed E-state index contributed by atoms with van der Waals surface area (Å²) in [5.74, 6) is 0. The van der Waals surface area contributed by atoms with Crippen molar-refractivity contribution in [2.75, 3.05) is 0 Å². The smallest absolute Gasteiger partial charge is 0.237 e. The highest BCUT2D eigenvalue weighted by Gasteiger charge is 2.34. The molecule has 86 valence electrons. The number of hydrogen-bond donors (Lipinski definition) is 0. The summed E-state index contributed by atoms with van der Waals surface area (Å²) in [6, 6.07) is 4.71. The van der Waals surface area contributed by atoms with Crippen molar-refractivity contribution in [1.82, 2.24) is 9.61 Å². The molecular formula is C11H11F3N2. The highest BCUT2D eigenvalue weighted by atomic mass is 19.4. The molecule has 2 rings (SSSR count). The molecule has 0 radical (unpaired) electrons. The normalized spacial score (nSPS) is 12.3. The molecule has 0 saturated carbocycles. The molecule has 16 heavy (non-hydrogen) atoms. The highest BCUT2D eigenvalue weighted by Crippen LogP contribution is 2.29. The number of alkyl halides is 3. The number of hydrogen-bond acceptors (Lipinski definition) is 1. The summed E-state index contributed by atoms with van der Waals surface area (Å²) >= 11 is 0. The van der Waals surface area contributed by atoms with Crippen molar-refractivity contribution in [3.8, 4) is 0 Å². The Bertz CT molecular complexity index is 526. The first-order valence-corrected chi connectivity index (χ1v) is 4.99. The van der Waals surface area contributed by atoms with Gasteiger partial charge >= 0.3 is 6.18 Å². The molecular weight excluding hydrogens is 217 g/mol. The SMILES string of the molecule is CCc1ccc(C)c2cc(C(F)(F)F)nn12. The molecule has 0 unspecified atom stereocenters. The van der Waals surface area contributed by atoms with Gasteiger partial charge in [0, 0.05) is 5.69 Å². The van der Waals surface area contributed by atoms with Crippen LogP contribution in [0.4, 0.5) is 13.2 Å². The van der Waals surface area contributed by atoms with Crippen molar-refractivity contribution in [2.24, 2.45) is 0 Å². The third-order valence-electron chi connectivity index (χ3n) is 2.56. The molecule has 0 amide bonds. The molecule has 0 aliphatic carbocycles. The summed E-state index contributed by atoms with van der Waals surface area (Å²) in [6.45, 7) is 3.66. The second-order valence-corrected chi connectivity index (χ2v) is 3.69. The zero-order valence-electron chi connectivity index (χ0n) is 8.97. The van der Waals surface area contributed by atoms with Crippen LogP contribution in [0, 0.1) is 6.92 Å². The van der Waals surface area contributed by atoms with Crippen LogP contribution < -0.4 is 0 Å². The Hall–Kier alpha value is -1.52. The van der Waals surface area contributed by atoms with Crippen molar-refractivity contribution in [2.45, 2.75) is 26.4 Å². The van der Waals surface area contributed by atoms with E-state index in [1.165, 1.54) is 4.52 Å². The summed E-state index contributed by atoms with van der Waals surface area (Å²) in [5.41, 5.74) is 1.25. The van der Waals surface area contributed by atoms with Crippen molar-refractivity contribution in [1.29, 1.82) is 0 Å². The molecule has 0 fully saturated rings. The molecule has 0 N–H and O–H groups in total. The van der Waals surface area contributed by atoms with Crippen LogP contribution in [0.25, 0.3) is 5.52 Å². The molecule has 2 aromatic rings. The maximum absolute atomic E-state index is 12.5. The van der Waals surface area contributed by atoms with Gasteiger partial charge in [-0.05, 0) is 31.0 Å². The number of pyridine rings is 1. The minimum Gasteiger partial charge on any atom is -0.237 e. The summed E-state index contributed by atoms with van der Waals surface area (Å²) in [5, 5.41) is 3.61. The van der Waals surface area contributed by atoms with E-state index in [2.05, 4.69) is 5.10 Å². The molecule has 0 aliphatic rings. The van der Waals surface area contributed by atoms with Crippen LogP contribution in [0.2, 0.25) is 0 Å². The van der Waals surface area contributed by atoms with E-state index in [9.17, 15) is 13.2 Å². The summed E-state index contributed by atoms with van der Waals surface area (Å²) in [7, 11) is 0. The molecule has 0 aliphatic heterocycles. The van der Waals surface area contributed by atoms with Gasteiger partial charge in [0.05, 0.1) is 5.52 Å². The summed E-state index contributed by atoms with van der Waals surface area (Å²) in [6.07, 6.45) is -3.74. The first kappa shape index (κ1) is 11.0. The first-order valence-electron chi connectivity index (χ1n) is 4.99. The summed E-state index contributed by atoms with van der Waals surface area (Å²) < 4.78 is 38.9. The fraction of sp³-hybridized carbons (Fsp3) is 0.364. The number of nitrogens with zero attached hydrogens (tertiary/aromatic N) is 2. The number of fused-ring (bicyclic) bond motifs is 1. The van der Waals surface area contributed by atoms with E-state index in [0.717, 1.165) is 17.3 Å². The Morgan fingerprint density at radius 3 is 2.56 bits per heavy atom. The number of halogens is 3. The van der Waals surface area contributed by atoms with Crippen LogP contribution in [0.15, 0.2) is 18.2 Å². The van der Waals surface area contributed by atoms with Gasteiger partial charge in [-0.3, -0.25) is 0 Å². The first-order chi connectivity index (χ1) is 7.43. The Labute approximate surface area is 90.7 Å². The van der Waals surface area contributed by atoms with Crippen LogP contribution in [0.5, 0.6) is 0 Å². The molecule has 2 heterocycles. The van der Waals surface area contributed by atoms with Crippen molar-refractivity contribution < 1.29 is 13.2 Å². The van der Waals surface area contributed by atoms with E-state index in [-0.39, 0.29) is 0 Å². The van der Waals surface area contributed by atoms with E-state index in [1.807, 2.05) is 13.0 Å². The van der Waals surface area contributed by atoms with Crippen molar-refractivity contribution in [3.05, 3.63) is 35.2 Å². The average Bonchev–Trinajstić information content (AvgIpc) is 2.63. The van der Waals surface area contributed by atoms with E-state index >= 15 is 0 Å². The molecule has 0 saturated heterocycles. The van der Waals surface area contributed by atoms with Gasteiger partial charge in [0.15, 0.2) is 5.69 Å². The van der Waals surface area contributed by atoms with Gasteiger partial charge in [0.25, 0.3) is 0 Å². The molecule has 0 bridgehead atoms.